The van der Waals surface area contributed by atoms with Gasteiger partial charge in [0.15, 0.2) is 0 Å². The summed E-state index contributed by atoms with van der Waals surface area (Å²) in [6.45, 7) is 1.53. The van der Waals surface area contributed by atoms with E-state index in [1.807, 2.05) is 54.2 Å². The van der Waals surface area contributed by atoms with E-state index in [0.717, 1.165) is 5.56 Å². The molecule has 1 aromatic carbocycles. The monoisotopic (exact) mass is 306 g/mol. The number of ether oxygens (including phenoxy) is 1. The number of hydrogen-bond donors (Lipinski definition) is 1. The number of piperidine rings is 1. The van der Waals surface area contributed by atoms with Crippen LogP contribution in [0.3, 0.4) is 0 Å². The Morgan fingerprint density at radius 2 is 2.09 bits per heavy atom. The van der Waals surface area contributed by atoms with Crippen LogP contribution < -0.4 is 0 Å². The average Bonchev–Trinajstić information content (AvgIpc) is 2.53. The van der Waals surface area contributed by atoms with Crippen LogP contribution in [0.2, 0.25) is 0 Å². The minimum absolute atomic E-state index is 0.0869. The zero-order valence-electron chi connectivity index (χ0n) is 13.7. The summed E-state index contributed by atoms with van der Waals surface area (Å²) in [5, 5.41) is 11.2. The zero-order valence-corrected chi connectivity index (χ0v) is 13.7. The topological polar surface area (TPSA) is 53.0 Å². The molecule has 0 aliphatic carbocycles. The summed E-state index contributed by atoms with van der Waals surface area (Å²) in [5.74, 6) is 0.0869. The second kappa shape index (κ2) is 7.22. The van der Waals surface area contributed by atoms with Crippen LogP contribution in [0.4, 0.5) is 0 Å². The van der Waals surface area contributed by atoms with E-state index in [-0.39, 0.29) is 11.9 Å². The van der Waals surface area contributed by atoms with Crippen molar-refractivity contribution in [2.24, 2.45) is 0 Å². The number of carbonyl (C=O) groups is 1. The van der Waals surface area contributed by atoms with Crippen LogP contribution in [-0.2, 0) is 15.1 Å². The third kappa shape index (κ3) is 3.48. The zero-order chi connectivity index (χ0) is 16.2. The van der Waals surface area contributed by atoms with Gasteiger partial charge in [0.05, 0.1) is 19.1 Å². The predicted molar refractivity (Wildman–Crippen MR) is 85.5 cm³/mol. The lowest BCUT2D eigenvalue weighted by molar-refractivity contribution is -0.142. The van der Waals surface area contributed by atoms with Gasteiger partial charge in [0.2, 0.25) is 5.91 Å². The summed E-state index contributed by atoms with van der Waals surface area (Å²) in [7, 11) is 5.49. The summed E-state index contributed by atoms with van der Waals surface area (Å²) in [5.41, 5.74) is -0.0133. The minimum Gasteiger partial charge on any atom is -0.384 e. The highest BCUT2D eigenvalue weighted by Gasteiger charge is 2.44. The summed E-state index contributed by atoms with van der Waals surface area (Å²) < 4.78 is 4.98. The van der Waals surface area contributed by atoms with Crippen molar-refractivity contribution in [3.63, 3.8) is 0 Å². The summed E-state index contributed by atoms with van der Waals surface area (Å²) in [4.78, 5) is 16.1. The van der Waals surface area contributed by atoms with E-state index in [2.05, 4.69) is 0 Å². The number of hydrogen-bond acceptors (Lipinski definition) is 4. The number of benzene rings is 1. The molecule has 1 amide bonds. The van der Waals surface area contributed by atoms with E-state index in [1.165, 1.54) is 0 Å². The van der Waals surface area contributed by atoms with E-state index >= 15 is 0 Å². The lowest BCUT2D eigenvalue weighted by Gasteiger charge is -2.47. The van der Waals surface area contributed by atoms with Crippen LogP contribution in [0, 0.1) is 0 Å². The quantitative estimate of drug-likeness (QED) is 0.884. The van der Waals surface area contributed by atoms with Gasteiger partial charge in [-0.25, -0.2) is 0 Å². The molecule has 5 heteroatoms. The summed E-state index contributed by atoms with van der Waals surface area (Å²) in [6.07, 6.45) is 0.930. The molecule has 1 aromatic rings. The molecule has 0 spiro atoms. The molecule has 1 saturated heterocycles. The smallest absolute Gasteiger partial charge is 0.224 e. The van der Waals surface area contributed by atoms with Crippen LogP contribution in [0.15, 0.2) is 30.3 Å². The molecular weight excluding hydrogens is 280 g/mol. The molecule has 122 valence electrons. The van der Waals surface area contributed by atoms with Gasteiger partial charge in [-0.15, -0.1) is 0 Å². The Morgan fingerprint density at radius 3 is 2.68 bits per heavy atom. The molecule has 2 rings (SSSR count). The third-order valence-corrected chi connectivity index (χ3v) is 4.48. The second-order valence-electron chi connectivity index (χ2n) is 6.10. The van der Waals surface area contributed by atoms with Gasteiger partial charge in [0, 0.05) is 20.2 Å². The van der Waals surface area contributed by atoms with Crippen molar-refractivity contribution in [2.45, 2.75) is 24.5 Å². The fraction of sp³-hybridized carbons (Fsp3) is 0.588. The van der Waals surface area contributed by atoms with Crippen molar-refractivity contribution in [2.75, 3.05) is 40.9 Å². The van der Waals surface area contributed by atoms with E-state index in [0.29, 0.717) is 32.5 Å². The second-order valence-corrected chi connectivity index (χ2v) is 6.10. The molecule has 1 heterocycles. The molecule has 2 atom stereocenters. The Labute approximate surface area is 132 Å². The molecule has 2 unspecified atom stereocenters. The number of rotatable bonds is 5. The summed E-state index contributed by atoms with van der Waals surface area (Å²) in [6, 6.07) is 9.61. The fourth-order valence-corrected chi connectivity index (χ4v) is 3.15. The number of likely N-dealkylation sites (tertiary alicyclic amines) is 1. The first kappa shape index (κ1) is 16.9. The van der Waals surface area contributed by atoms with Gasteiger partial charge < -0.3 is 19.6 Å². The summed E-state index contributed by atoms with van der Waals surface area (Å²) >= 11 is 0. The normalized spacial score (nSPS) is 25.5. The molecule has 1 aliphatic heterocycles. The van der Waals surface area contributed by atoms with Crippen LogP contribution >= 0.6 is 0 Å². The van der Waals surface area contributed by atoms with Gasteiger partial charge in [-0.1, -0.05) is 30.3 Å². The molecule has 0 bridgehead atoms. The number of aliphatic hydroxyl groups is 1. The SMILES string of the molecule is COCCC(=O)N1CCC(O)(c2ccccc2)C(N(C)C)C1. The van der Waals surface area contributed by atoms with E-state index in [1.54, 1.807) is 7.11 Å². The highest BCUT2D eigenvalue weighted by Crippen LogP contribution is 2.35. The van der Waals surface area contributed by atoms with Crippen LogP contribution in [0.1, 0.15) is 18.4 Å². The molecule has 0 radical (unpaired) electrons. The predicted octanol–water partition coefficient (Wildman–Crippen LogP) is 1.07. The van der Waals surface area contributed by atoms with E-state index < -0.39 is 5.60 Å². The van der Waals surface area contributed by atoms with Crippen molar-refractivity contribution in [3.8, 4) is 0 Å². The van der Waals surface area contributed by atoms with Gasteiger partial charge in [-0.3, -0.25) is 4.79 Å². The molecule has 1 aliphatic rings. The Bertz CT molecular complexity index is 492. The van der Waals surface area contributed by atoms with Crippen LogP contribution in [0.5, 0.6) is 0 Å². The van der Waals surface area contributed by atoms with Crippen LogP contribution in [0.25, 0.3) is 0 Å². The van der Waals surface area contributed by atoms with Crippen molar-refractivity contribution in [1.82, 2.24) is 9.80 Å². The number of methoxy groups -OCH3 is 1. The van der Waals surface area contributed by atoms with Gasteiger partial charge >= 0.3 is 0 Å². The van der Waals surface area contributed by atoms with E-state index in [9.17, 15) is 9.90 Å². The van der Waals surface area contributed by atoms with Gasteiger partial charge in [-0.2, -0.15) is 0 Å². The molecular formula is C17H26N2O3. The number of nitrogens with zero attached hydrogens (tertiary/aromatic N) is 2. The van der Waals surface area contributed by atoms with Crippen molar-refractivity contribution in [3.05, 3.63) is 35.9 Å². The van der Waals surface area contributed by atoms with Crippen LogP contribution in [-0.4, -0.2) is 67.8 Å². The number of likely N-dealkylation sites (N-methyl/N-ethyl adjacent to an activating group) is 1. The molecule has 0 aromatic heterocycles. The Hall–Kier alpha value is -1.43. The van der Waals surface area contributed by atoms with E-state index in [4.69, 9.17) is 4.74 Å². The first-order valence-electron chi connectivity index (χ1n) is 7.70. The molecule has 5 nitrogen and oxygen atoms in total. The lowest BCUT2D eigenvalue weighted by Crippen LogP contribution is -2.60. The Kier molecular flexibility index (Phi) is 5.56. The first-order valence-corrected chi connectivity index (χ1v) is 7.70. The first-order chi connectivity index (χ1) is 10.5. The highest BCUT2D eigenvalue weighted by atomic mass is 16.5. The largest absolute Gasteiger partial charge is 0.384 e. The maximum Gasteiger partial charge on any atom is 0.224 e. The van der Waals surface area contributed by atoms with Gasteiger partial charge in [0.25, 0.3) is 0 Å². The number of carbonyl (C=O) groups excluding carboxylic acids is 1. The minimum atomic E-state index is -0.928. The van der Waals surface area contributed by atoms with Crippen molar-refractivity contribution >= 4 is 5.91 Å². The van der Waals surface area contributed by atoms with Crippen molar-refractivity contribution in [1.29, 1.82) is 0 Å². The maximum atomic E-state index is 12.2. The molecule has 22 heavy (non-hydrogen) atoms. The third-order valence-electron chi connectivity index (χ3n) is 4.48. The molecule has 1 N–H and O–H groups in total. The lowest BCUT2D eigenvalue weighted by atomic mass is 9.79. The fourth-order valence-electron chi connectivity index (χ4n) is 3.15. The molecule has 1 fully saturated rings. The highest BCUT2D eigenvalue weighted by molar-refractivity contribution is 5.76. The Balaban J connectivity index is 2.17. The average molecular weight is 306 g/mol. The molecule has 0 saturated carbocycles. The maximum absolute atomic E-state index is 12.2. The Morgan fingerprint density at radius 1 is 1.41 bits per heavy atom. The standard InChI is InChI=1S/C17H26N2O3/c1-18(2)15-13-19(16(20)9-12-22-3)11-10-17(15,21)14-7-5-4-6-8-14/h4-8,15,21H,9-13H2,1-3H3. The van der Waals surface area contributed by atoms with Gasteiger partial charge in [0.1, 0.15) is 5.60 Å². The van der Waals surface area contributed by atoms with Crippen molar-refractivity contribution < 1.29 is 14.6 Å². The van der Waals surface area contributed by atoms with Gasteiger partial charge in [-0.05, 0) is 26.1 Å². The number of amides is 1.